The summed E-state index contributed by atoms with van der Waals surface area (Å²) >= 11 is 0. The van der Waals surface area contributed by atoms with E-state index >= 15 is 0 Å². The van der Waals surface area contributed by atoms with Gasteiger partial charge in [0.25, 0.3) is 0 Å². The Hall–Kier alpha value is -2.18. The monoisotopic (exact) mass is 311 g/mol. The van der Waals surface area contributed by atoms with Gasteiger partial charge in [0.15, 0.2) is 0 Å². The molecule has 0 saturated heterocycles. The summed E-state index contributed by atoms with van der Waals surface area (Å²) in [7, 11) is 1.80. The van der Waals surface area contributed by atoms with E-state index in [-0.39, 0.29) is 0 Å². The van der Waals surface area contributed by atoms with Gasteiger partial charge in [0, 0.05) is 25.7 Å². The molecule has 22 heavy (non-hydrogen) atoms. The zero-order chi connectivity index (χ0) is 15.9. The van der Waals surface area contributed by atoms with E-state index < -0.39 is 11.7 Å². The number of likely N-dealkylation sites (N-methyl/N-ethyl adjacent to an activating group) is 1. The topological polar surface area (TPSA) is 32.5 Å². The highest BCUT2D eigenvalue weighted by molar-refractivity contribution is 5.74. The standard InChI is InChI=1S/C15H16F3N3O/c1-10-9-22-19-12(10)8-21-6-5-20(2)14-7-11(15(16,17)18)3-4-13(14)21/h3-4,7,9H,5-6,8H2,1-2H3. The second kappa shape index (κ2) is 5.23. The maximum atomic E-state index is 12.9. The Bertz CT molecular complexity index is 681. The van der Waals surface area contributed by atoms with Crippen LogP contribution >= 0.6 is 0 Å². The number of alkyl halides is 3. The van der Waals surface area contributed by atoms with Crippen LogP contribution in [0.25, 0.3) is 0 Å². The van der Waals surface area contributed by atoms with Gasteiger partial charge in [-0.3, -0.25) is 0 Å². The third-order valence-corrected chi connectivity index (χ3v) is 3.95. The molecule has 0 aliphatic carbocycles. The Labute approximate surface area is 126 Å². The van der Waals surface area contributed by atoms with Gasteiger partial charge in [-0.05, 0) is 25.1 Å². The van der Waals surface area contributed by atoms with Gasteiger partial charge < -0.3 is 14.3 Å². The summed E-state index contributed by atoms with van der Waals surface area (Å²) in [6, 6.07) is 3.86. The van der Waals surface area contributed by atoms with Crippen molar-refractivity contribution in [2.75, 3.05) is 29.9 Å². The van der Waals surface area contributed by atoms with Crippen molar-refractivity contribution in [3.63, 3.8) is 0 Å². The second-order valence-corrected chi connectivity index (χ2v) is 5.49. The molecule has 2 heterocycles. The third-order valence-electron chi connectivity index (χ3n) is 3.95. The average molecular weight is 311 g/mol. The van der Waals surface area contributed by atoms with Crippen molar-refractivity contribution in [1.82, 2.24) is 5.16 Å². The number of fused-ring (bicyclic) bond motifs is 1. The Balaban J connectivity index is 1.95. The van der Waals surface area contributed by atoms with E-state index in [0.717, 1.165) is 29.6 Å². The number of halogens is 3. The fraction of sp³-hybridized carbons (Fsp3) is 0.400. The molecule has 7 heteroatoms. The molecule has 0 saturated carbocycles. The zero-order valence-corrected chi connectivity index (χ0v) is 12.3. The number of aryl methyl sites for hydroxylation is 1. The van der Waals surface area contributed by atoms with Crippen molar-refractivity contribution < 1.29 is 17.7 Å². The molecule has 1 aromatic heterocycles. The van der Waals surface area contributed by atoms with Crippen LogP contribution in [0.2, 0.25) is 0 Å². The Kier molecular flexibility index (Phi) is 3.50. The van der Waals surface area contributed by atoms with E-state index in [1.54, 1.807) is 13.3 Å². The van der Waals surface area contributed by atoms with Gasteiger partial charge >= 0.3 is 6.18 Å². The van der Waals surface area contributed by atoms with Crippen LogP contribution in [0.1, 0.15) is 16.8 Å². The summed E-state index contributed by atoms with van der Waals surface area (Å²) < 4.78 is 43.6. The zero-order valence-electron chi connectivity index (χ0n) is 12.3. The van der Waals surface area contributed by atoms with Crippen molar-refractivity contribution in [3.8, 4) is 0 Å². The first-order valence-electron chi connectivity index (χ1n) is 6.93. The smallest absolute Gasteiger partial charge is 0.371 e. The SMILES string of the molecule is Cc1conc1CN1CCN(C)c2cc(C(F)(F)F)ccc21. The van der Waals surface area contributed by atoms with Crippen molar-refractivity contribution in [1.29, 1.82) is 0 Å². The molecule has 0 bridgehead atoms. The molecule has 1 aliphatic heterocycles. The molecular weight excluding hydrogens is 295 g/mol. The van der Waals surface area contributed by atoms with Crippen LogP contribution in [0.4, 0.5) is 24.5 Å². The molecule has 0 unspecified atom stereocenters. The maximum Gasteiger partial charge on any atom is 0.416 e. The van der Waals surface area contributed by atoms with E-state index in [1.165, 1.54) is 12.1 Å². The summed E-state index contributed by atoms with van der Waals surface area (Å²) in [6.07, 6.45) is -2.76. The van der Waals surface area contributed by atoms with Gasteiger partial charge in [0.05, 0.1) is 23.5 Å². The van der Waals surface area contributed by atoms with Gasteiger partial charge in [-0.2, -0.15) is 13.2 Å². The number of anilines is 2. The molecule has 0 spiro atoms. The minimum atomic E-state index is -4.33. The van der Waals surface area contributed by atoms with Crippen LogP contribution in [-0.4, -0.2) is 25.3 Å². The molecule has 1 aromatic carbocycles. The van der Waals surface area contributed by atoms with Crippen molar-refractivity contribution in [2.24, 2.45) is 0 Å². The number of rotatable bonds is 2. The summed E-state index contributed by atoms with van der Waals surface area (Å²) in [6.45, 7) is 3.80. The molecule has 0 amide bonds. The van der Waals surface area contributed by atoms with Crippen LogP contribution in [0.5, 0.6) is 0 Å². The lowest BCUT2D eigenvalue weighted by atomic mass is 10.1. The van der Waals surface area contributed by atoms with E-state index in [9.17, 15) is 13.2 Å². The lowest BCUT2D eigenvalue weighted by Crippen LogP contribution is -2.39. The highest BCUT2D eigenvalue weighted by Gasteiger charge is 2.33. The first kappa shape index (κ1) is 14.7. The van der Waals surface area contributed by atoms with E-state index in [1.807, 2.05) is 16.7 Å². The van der Waals surface area contributed by atoms with Gasteiger partial charge in [0.1, 0.15) is 12.0 Å². The highest BCUT2D eigenvalue weighted by atomic mass is 19.4. The molecule has 118 valence electrons. The molecule has 2 aromatic rings. The normalized spacial score (nSPS) is 15.1. The van der Waals surface area contributed by atoms with Crippen molar-refractivity contribution in [3.05, 3.63) is 41.3 Å². The number of nitrogens with zero attached hydrogens (tertiary/aromatic N) is 3. The van der Waals surface area contributed by atoms with E-state index in [2.05, 4.69) is 5.16 Å². The predicted octanol–water partition coefficient (Wildman–Crippen LogP) is 3.46. The molecule has 0 atom stereocenters. The molecule has 1 aliphatic rings. The van der Waals surface area contributed by atoms with E-state index in [0.29, 0.717) is 18.8 Å². The fourth-order valence-corrected chi connectivity index (χ4v) is 2.59. The third kappa shape index (κ3) is 2.63. The van der Waals surface area contributed by atoms with Crippen molar-refractivity contribution >= 4 is 11.4 Å². The van der Waals surface area contributed by atoms with Crippen LogP contribution in [-0.2, 0) is 12.7 Å². The van der Waals surface area contributed by atoms with Crippen LogP contribution in [0.3, 0.4) is 0 Å². The Morgan fingerprint density at radius 3 is 2.64 bits per heavy atom. The fourth-order valence-electron chi connectivity index (χ4n) is 2.59. The van der Waals surface area contributed by atoms with Gasteiger partial charge in [0.2, 0.25) is 0 Å². The van der Waals surface area contributed by atoms with Gasteiger partial charge in [-0.15, -0.1) is 0 Å². The second-order valence-electron chi connectivity index (χ2n) is 5.49. The summed E-state index contributed by atoms with van der Waals surface area (Å²) in [5.74, 6) is 0. The predicted molar refractivity (Wildman–Crippen MR) is 77.0 cm³/mol. The van der Waals surface area contributed by atoms with E-state index in [4.69, 9.17) is 4.52 Å². The minimum Gasteiger partial charge on any atom is -0.371 e. The molecule has 0 fully saturated rings. The van der Waals surface area contributed by atoms with Crippen molar-refractivity contribution in [2.45, 2.75) is 19.6 Å². The highest BCUT2D eigenvalue weighted by Crippen LogP contribution is 2.38. The largest absolute Gasteiger partial charge is 0.416 e. The molecule has 4 nitrogen and oxygen atoms in total. The maximum absolute atomic E-state index is 12.9. The first-order valence-corrected chi connectivity index (χ1v) is 6.93. The quantitative estimate of drug-likeness (QED) is 0.850. The lowest BCUT2D eigenvalue weighted by Gasteiger charge is -2.37. The number of aromatic nitrogens is 1. The van der Waals surface area contributed by atoms with Gasteiger partial charge in [-0.25, -0.2) is 0 Å². The molecular formula is C15H16F3N3O. The number of hydrogen-bond acceptors (Lipinski definition) is 4. The van der Waals surface area contributed by atoms with Crippen LogP contribution in [0, 0.1) is 6.92 Å². The summed E-state index contributed by atoms with van der Waals surface area (Å²) in [4.78, 5) is 3.87. The lowest BCUT2D eigenvalue weighted by molar-refractivity contribution is -0.137. The number of benzene rings is 1. The summed E-state index contributed by atoms with van der Waals surface area (Å²) in [5, 5.41) is 3.95. The van der Waals surface area contributed by atoms with Crippen LogP contribution in [0.15, 0.2) is 29.0 Å². The molecule has 0 N–H and O–H groups in total. The first-order chi connectivity index (χ1) is 10.4. The Morgan fingerprint density at radius 2 is 2.00 bits per heavy atom. The molecule has 0 radical (unpaired) electrons. The Morgan fingerprint density at radius 1 is 1.23 bits per heavy atom. The average Bonchev–Trinajstić information content (AvgIpc) is 2.86. The molecule has 3 rings (SSSR count). The summed E-state index contributed by atoms with van der Waals surface area (Å²) in [5.41, 5.74) is 2.48. The van der Waals surface area contributed by atoms with Gasteiger partial charge in [-0.1, -0.05) is 5.16 Å². The number of hydrogen-bond donors (Lipinski definition) is 0. The minimum absolute atomic E-state index is 0.522. The van der Waals surface area contributed by atoms with Crippen LogP contribution < -0.4 is 9.80 Å².